The van der Waals surface area contributed by atoms with E-state index in [4.69, 9.17) is 0 Å². The summed E-state index contributed by atoms with van der Waals surface area (Å²) < 4.78 is 0.758. The van der Waals surface area contributed by atoms with Crippen molar-refractivity contribution in [3.05, 3.63) is 38.3 Å². The first-order chi connectivity index (χ1) is 9.45. The number of nitrogens with zero attached hydrogens (tertiary/aromatic N) is 1. The summed E-state index contributed by atoms with van der Waals surface area (Å²) in [6.07, 6.45) is 3.65. The Morgan fingerprint density at radius 2 is 2.05 bits per heavy atom. The Bertz CT molecular complexity index is 493. The largest absolute Gasteiger partial charge is 0.310 e. The highest BCUT2D eigenvalue weighted by molar-refractivity contribution is 9.10. The summed E-state index contributed by atoms with van der Waals surface area (Å²) in [4.78, 5) is 10.5. The molecule has 4 nitrogen and oxygen atoms in total. The maximum absolute atomic E-state index is 10.9. The summed E-state index contributed by atoms with van der Waals surface area (Å²) in [6, 6.07) is 5.65. The number of nitro groups is 1. The molecule has 0 aliphatic heterocycles. The molecule has 0 heterocycles. The van der Waals surface area contributed by atoms with Crippen molar-refractivity contribution in [2.24, 2.45) is 11.8 Å². The Hall–Kier alpha value is -0.940. The molecule has 1 aliphatic carbocycles. The quantitative estimate of drug-likeness (QED) is 0.657. The van der Waals surface area contributed by atoms with Crippen LogP contribution in [0.4, 0.5) is 5.69 Å². The van der Waals surface area contributed by atoms with Crippen molar-refractivity contribution in [2.75, 3.05) is 0 Å². The molecule has 1 fully saturated rings. The van der Waals surface area contributed by atoms with Crippen molar-refractivity contribution in [3.8, 4) is 0 Å². The van der Waals surface area contributed by atoms with Gasteiger partial charge in [-0.2, -0.15) is 0 Å². The normalized spacial score (nSPS) is 26.4. The third kappa shape index (κ3) is 4.03. The van der Waals surface area contributed by atoms with Crippen LogP contribution < -0.4 is 5.32 Å². The molecular formula is C15H21BrN2O2. The van der Waals surface area contributed by atoms with Gasteiger partial charge in [-0.3, -0.25) is 10.1 Å². The first-order valence-corrected chi connectivity index (χ1v) is 7.92. The van der Waals surface area contributed by atoms with E-state index in [1.54, 1.807) is 6.07 Å². The van der Waals surface area contributed by atoms with E-state index < -0.39 is 0 Å². The van der Waals surface area contributed by atoms with Crippen molar-refractivity contribution in [3.63, 3.8) is 0 Å². The lowest BCUT2D eigenvalue weighted by Crippen LogP contribution is -2.35. The van der Waals surface area contributed by atoms with Crippen LogP contribution >= 0.6 is 15.9 Å². The Kier molecular flexibility index (Phi) is 5.16. The highest BCUT2D eigenvalue weighted by Gasteiger charge is 2.24. The lowest BCUT2D eigenvalue weighted by molar-refractivity contribution is -0.385. The average molecular weight is 341 g/mol. The zero-order valence-electron chi connectivity index (χ0n) is 11.9. The Morgan fingerprint density at radius 3 is 2.70 bits per heavy atom. The summed E-state index contributed by atoms with van der Waals surface area (Å²) in [5.74, 6) is 1.55. The van der Waals surface area contributed by atoms with Gasteiger partial charge < -0.3 is 5.32 Å². The van der Waals surface area contributed by atoms with Gasteiger partial charge in [0, 0.05) is 29.2 Å². The van der Waals surface area contributed by atoms with Crippen LogP contribution in [0.2, 0.25) is 0 Å². The van der Waals surface area contributed by atoms with Crippen LogP contribution in [-0.2, 0) is 6.54 Å². The number of non-ortho nitro benzene ring substituents is 1. The monoisotopic (exact) mass is 340 g/mol. The Morgan fingerprint density at radius 1 is 1.30 bits per heavy atom. The smallest absolute Gasteiger partial charge is 0.270 e. The van der Waals surface area contributed by atoms with E-state index in [9.17, 15) is 10.1 Å². The van der Waals surface area contributed by atoms with Gasteiger partial charge in [0.2, 0.25) is 0 Å². The van der Waals surface area contributed by atoms with Gasteiger partial charge in [-0.15, -0.1) is 0 Å². The molecule has 110 valence electrons. The number of halogens is 1. The third-order valence-electron chi connectivity index (χ3n) is 4.35. The summed E-state index contributed by atoms with van der Waals surface area (Å²) >= 11 is 3.33. The molecule has 0 radical (unpaired) electrons. The molecule has 3 atom stereocenters. The van der Waals surface area contributed by atoms with Gasteiger partial charge in [-0.05, 0) is 42.7 Å². The molecule has 1 aromatic rings. The second-order valence-electron chi connectivity index (χ2n) is 5.92. The van der Waals surface area contributed by atoms with Crippen LogP contribution in [0.5, 0.6) is 0 Å². The third-order valence-corrected chi connectivity index (χ3v) is 4.80. The number of benzene rings is 1. The fraction of sp³-hybridized carbons (Fsp3) is 0.600. The van der Waals surface area contributed by atoms with E-state index in [0.29, 0.717) is 12.6 Å². The van der Waals surface area contributed by atoms with Crippen molar-refractivity contribution in [1.82, 2.24) is 5.32 Å². The van der Waals surface area contributed by atoms with Crippen molar-refractivity contribution < 1.29 is 4.92 Å². The van der Waals surface area contributed by atoms with Crippen LogP contribution in [0.25, 0.3) is 0 Å². The van der Waals surface area contributed by atoms with Crippen molar-refractivity contribution in [2.45, 2.75) is 45.7 Å². The van der Waals surface area contributed by atoms with Crippen LogP contribution in [0.3, 0.4) is 0 Å². The zero-order valence-corrected chi connectivity index (χ0v) is 13.5. The number of hydrogen-bond donors (Lipinski definition) is 1. The summed E-state index contributed by atoms with van der Waals surface area (Å²) in [5, 5.41) is 14.4. The van der Waals surface area contributed by atoms with Gasteiger partial charge in [0.25, 0.3) is 5.69 Å². The second kappa shape index (κ2) is 6.68. The molecule has 0 aromatic heterocycles. The maximum Gasteiger partial charge on any atom is 0.270 e. The summed E-state index contributed by atoms with van der Waals surface area (Å²) in [7, 11) is 0. The highest BCUT2D eigenvalue weighted by atomic mass is 79.9. The second-order valence-corrected chi connectivity index (χ2v) is 6.84. The molecule has 1 N–H and O–H groups in total. The molecule has 20 heavy (non-hydrogen) atoms. The van der Waals surface area contributed by atoms with Gasteiger partial charge in [-0.25, -0.2) is 0 Å². The van der Waals surface area contributed by atoms with Crippen LogP contribution in [0.1, 0.15) is 38.7 Å². The number of hydrogen-bond acceptors (Lipinski definition) is 3. The lowest BCUT2D eigenvalue weighted by Gasteiger charge is -2.32. The topological polar surface area (TPSA) is 55.2 Å². The summed E-state index contributed by atoms with van der Waals surface area (Å²) in [5.41, 5.74) is 1.10. The molecule has 1 aliphatic rings. The predicted molar refractivity (Wildman–Crippen MR) is 83.6 cm³/mol. The van der Waals surface area contributed by atoms with Crippen LogP contribution in [-0.4, -0.2) is 11.0 Å². The van der Waals surface area contributed by atoms with E-state index in [1.807, 2.05) is 6.07 Å². The molecule has 0 saturated heterocycles. The van der Waals surface area contributed by atoms with E-state index >= 15 is 0 Å². The average Bonchev–Trinajstić information content (AvgIpc) is 2.39. The molecule has 0 bridgehead atoms. The molecule has 0 spiro atoms. The standard InChI is InChI=1S/C15H21BrN2O2/c1-10-3-4-14(5-11(10)2)17-9-12-6-13(16)8-15(7-12)18(19)20/h6-8,10-11,14,17H,3-5,9H2,1-2H3. The van der Waals surface area contributed by atoms with E-state index in [1.165, 1.54) is 25.3 Å². The van der Waals surface area contributed by atoms with Gasteiger partial charge in [0.15, 0.2) is 0 Å². The van der Waals surface area contributed by atoms with Crippen molar-refractivity contribution >= 4 is 21.6 Å². The number of nitrogens with one attached hydrogen (secondary N) is 1. The van der Waals surface area contributed by atoms with E-state index in [2.05, 4.69) is 35.1 Å². The SMILES string of the molecule is CC1CCC(NCc2cc(Br)cc([N+](=O)[O-])c2)CC1C. The Balaban J connectivity index is 1.95. The highest BCUT2D eigenvalue weighted by Crippen LogP contribution is 2.29. The van der Waals surface area contributed by atoms with Crippen LogP contribution in [0, 0.1) is 22.0 Å². The van der Waals surface area contributed by atoms with Gasteiger partial charge in [0.05, 0.1) is 4.92 Å². The zero-order chi connectivity index (χ0) is 14.7. The minimum atomic E-state index is -0.349. The number of rotatable bonds is 4. The fourth-order valence-electron chi connectivity index (χ4n) is 2.84. The van der Waals surface area contributed by atoms with Crippen molar-refractivity contribution in [1.29, 1.82) is 0 Å². The minimum absolute atomic E-state index is 0.141. The molecule has 3 unspecified atom stereocenters. The molecular weight excluding hydrogens is 320 g/mol. The fourth-order valence-corrected chi connectivity index (χ4v) is 3.36. The van der Waals surface area contributed by atoms with Gasteiger partial charge in [-0.1, -0.05) is 29.8 Å². The molecule has 5 heteroatoms. The first kappa shape index (κ1) is 15.4. The maximum atomic E-state index is 10.9. The van der Waals surface area contributed by atoms with E-state index in [0.717, 1.165) is 21.9 Å². The van der Waals surface area contributed by atoms with E-state index in [-0.39, 0.29) is 10.6 Å². The molecule has 0 amide bonds. The predicted octanol–water partition coefficient (Wildman–Crippen LogP) is 4.27. The van der Waals surface area contributed by atoms with Gasteiger partial charge in [0.1, 0.15) is 0 Å². The minimum Gasteiger partial charge on any atom is -0.310 e. The van der Waals surface area contributed by atoms with Gasteiger partial charge >= 0.3 is 0 Å². The summed E-state index contributed by atoms with van der Waals surface area (Å²) in [6.45, 7) is 5.31. The molecule has 2 rings (SSSR count). The molecule has 1 aromatic carbocycles. The number of nitro benzene ring substituents is 1. The lowest BCUT2D eigenvalue weighted by atomic mass is 9.79. The Labute approximate surface area is 128 Å². The first-order valence-electron chi connectivity index (χ1n) is 7.13. The molecule has 1 saturated carbocycles. The van der Waals surface area contributed by atoms with Crippen LogP contribution in [0.15, 0.2) is 22.7 Å².